The third-order valence-electron chi connectivity index (χ3n) is 5.35. The summed E-state index contributed by atoms with van der Waals surface area (Å²) >= 11 is 0. The Balaban J connectivity index is 0.000000314. The van der Waals surface area contributed by atoms with Crippen LogP contribution >= 0.6 is 0 Å². The van der Waals surface area contributed by atoms with Crippen molar-refractivity contribution in [3.63, 3.8) is 0 Å². The summed E-state index contributed by atoms with van der Waals surface area (Å²) in [5, 5.41) is 30.3. The first-order chi connectivity index (χ1) is 15.7. The molecule has 3 aromatic rings. The van der Waals surface area contributed by atoms with Gasteiger partial charge in [-0.25, -0.2) is 14.0 Å². The summed E-state index contributed by atoms with van der Waals surface area (Å²) in [4.78, 5) is 35.7. The molecule has 1 aromatic heterocycles. The summed E-state index contributed by atoms with van der Waals surface area (Å²) in [7, 11) is 0. The number of rotatable bonds is 4. The van der Waals surface area contributed by atoms with E-state index in [1.54, 1.807) is 10.6 Å². The highest BCUT2D eigenvalue weighted by atomic mass is 19.1. The SMILES string of the molecule is CCn1cc(C(=O)O)c(=O)c2cc(F)c(N3CC[NH2+]CC3)cc21.O.O=C(O)c1cccc([O-])c1. The van der Waals surface area contributed by atoms with E-state index in [0.717, 1.165) is 32.2 Å². The number of aryl methyl sites for hydroxylation is 1. The zero-order chi connectivity index (χ0) is 24.1. The van der Waals surface area contributed by atoms with Gasteiger partial charge in [-0.15, -0.1) is 5.75 Å². The van der Waals surface area contributed by atoms with E-state index < -0.39 is 23.2 Å². The van der Waals surface area contributed by atoms with Gasteiger partial charge in [0.15, 0.2) is 0 Å². The van der Waals surface area contributed by atoms with Crippen molar-refractivity contribution >= 4 is 28.5 Å². The Bertz CT molecular complexity index is 1250. The molecule has 4 rings (SSSR count). The second kappa shape index (κ2) is 11.3. The molecule has 2 heterocycles. The summed E-state index contributed by atoms with van der Waals surface area (Å²) in [6, 6.07) is 8.03. The van der Waals surface area contributed by atoms with E-state index in [9.17, 15) is 23.9 Å². The van der Waals surface area contributed by atoms with Crippen molar-refractivity contribution < 1.29 is 40.1 Å². The first kappa shape index (κ1) is 26.3. The smallest absolute Gasteiger partial charge is 0.341 e. The number of carboxylic acid groups (broad SMARTS) is 2. The van der Waals surface area contributed by atoms with Gasteiger partial charge in [0.25, 0.3) is 0 Å². The maximum atomic E-state index is 14.5. The number of carboxylic acids is 2. The predicted octanol–water partition coefficient (Wildman–Crippen LogP) is -0.124. The number of nitrogens with two attached hydrogens (primary N) is 1. The molecule has 1 saturated heterocycles. The highest BCUT2D eigenvalue weighted by molar-refractivity contribution is 5.93. The lowest BCUT2D eigenvalue weighted by molar-refractivity contribution is -0.655. The van der Waals surface area contributed by atoms with Gasteiger partial charge in [0.2, 0.25) is 5.43 Å². The van der Waals surface area contributed by atoms with E-state index in [-0.39, 0.29) is 27.7 Å². The Kier molecular flexibility index (Phi) is 8.70. The Labute approximate surface area is 193 Å². The largest absolute Gasteiger partial charge is 0.872 e. The number of benzene rings is 2. The van der Waals surface area contributed by atoms with Crippen molar-refractivity contribution in [2.24, 2.45) is 0 Å². The van der Waals surface area contributed by atoms with Crippen LogP contribution in [-0.2, 0) is 6.54 Å². The Hall–Kier alpha value is -3.96. The van der Waals surface area contributed by atoms with Crippen molar-refractivity contribution in [3.8, 4) is 5.75 Å². The molecule has 2 aromatic carbocycles. The molecule has 10 nitrogen and oxygen atoms in total. The number of quaternary nitrogens is 1. The molecule has 0 spiro atoms. The number of pyridine rings is 1. The average molecular weight is 475 g/mol. The van der Waals surface area contributed by atoms with Crippen LogP contribution in [-0.4, -0.2) is 58.4 Å². The Morgan fingerprint density at radius 3 is 2.32 bits per heavy atom. The number of hydrogen-bond donors (Lipinski definition) is 3. The fourth-order valence-corrected chi connectivity index (χ4v) is 3.68. The number of piperazine rings is 1. The van der Waals surface area contributed by atoms with Crippen LogP contribution < -0.4 is 20.8 Å². The highest BCUT2D eigenvalue weighted by Gasteiger charge is 2.20. The number of anilines is 1. The molecule has 0 aliphatic carbocycles. The normalized spacial score (nSPS) is 12.9. The molecule has 0 bridgehead atoms. The van der Waals surface area contributed by atoms with Crippen LogP contribution in [0.25, 0.3) is 10.9 Å². The third kappa shape index (κ3) is 5.69. The van der Waals surface area contributed by atoms with Gasteiger partial charge in [-0.3, -0.25) is 4.79 Å². The van der Waals surface area contributed by atoms with Crippen LogP contribution in [0.3, 0.4) is 0 Å². The summed E-state index contributed by atoms with van der Waals surface area (Å²) in [6.45, 7) is 5.63. The topological polar surface area (TPSA) is 171 Å². The summed E-state index contributed by atoms with van der Waals surface area (Å²) in [6.07, 6.45) is 1.33. The standard InChI is InChI=1S/C16H18FN3O3.C7H6O3.H2O/c1-2-19-9-11(16(22)23)15(21)10-7-12(17)14(8-13(10)19)20-5-3-18-4-6-20;8-6-3-1-2-5(4-6)7(9)10;/h7-9,18H,2-6H2,1H3,(H,22,23);1-4,8H,(H,9,10);1H2. The van der Waals surface area contributed by atoms with Gasteiger partial charge < -0.3 is 35.6 Å². The van der Waals surface area contributed by atoms with Crippen LogP contribution in [0.1, 0.15) is 27.6 Å². The minimum atomic E-state index is -1.30. The minimum absolute atomic E-state index is 0. The molecule has 34 heavy (non-hydrogen) atoms. The van der Waals surface area contributed by atoms with Gasteiger partial charge in [0, 0.05) is 18.1 Å². The molecular formula is C23H26FN3O7. The first-order valence-electron chi connectivity index (χ1n) is 10.4. The van der Waals surface area contributed by atoms with Gasteiger partial charge in [-0.2, -0.15) is 0 Å². The second-order valence-electron chi connectivity index (χ2n) is 7.47. The predicted molar refractivity (Wildman–Crippen MR) is 121 cm³/mol. The fourth-order valence-electron chi connectivity index (χ4n) is 3.68. The van der Waals surface area contributed by atoms with Crippen LogP contribution in [0, 0.1) is 5.82 Å². The number of aromatic carboxylic acids is 2. The van der Waals surface area contributed by atoms with Gasteiger partial charge in [-0.1, -0.05) is 18.2 Å². The number of nitrogens with zero attached hydrogens (tertiary/aromatic N) is 2. The summed E-state index contributed by atoms with van der Waals surface area (Å²) in [5.74, 6) is -3.13. The van der Waals surface area contributed by atoms with Crippen molar-refractivity contribution in [1.29, 1.82) is 0 Å². The molecule has 0 saturated carbocycles. The number of halogens is 1. The van der Waals surface area contributed by atoms with Crippen LogP contribution in [0.4, 0.5) is 10.1 Å². The maximum Gasteiger partial charge on any atom is 0.341 e. The lowest BCUT2D eigenvalue weighted by atomic mass is 10.1. The molecule has 11 heteroatoms. The summed E-state index contributed by atoms with van der Waals surface area (Å²) < 4.78 is 16.2. The van der Waals surface area contributed by atoms with Crippen LogP contribution in [0.2, 0.25) is 0 Å². The summed E-state index contributed by atoms with van der Waals surface area (Å²) in [5.41, 5.74) is 0.0879. The molecule has 0 radical (unpaired) electrons. The third-order valence-corrected chi connectivity index (χ3v) is 5.35. The number of aromatic nitrogens is 1. The molecule has 0 unspecified atom stereocenters. The average Bonchev–Trinajstić information content (AvgIpc) is 2.80. The Morgan fingerprint density at radius 1 is 1.12 bits per heavy atom. The molecule has 1 fully saturated rings. The van der Waals surface area contributed by atoms with E-state index >= 15 is 0 Å². The number of fused-ring (bicyclic) bond motifs is 1. The van der Waals surface area contributed by atoms with Gasteiger partial charge in [0.05, 0.1) is 42.9 Å². The monoisotopic (exact) mass is 475 g/mol. The van der Waals surface area contributed by atoms with Crippen molar-refractivity contribution in [1.82, 2.24) is 4.57 Å². The molecule has 1 aliphatic rings. The molecule has 182 valence electrons. The van der Waals surface area contributed by atoms with Gasteiger partial charge in [0.1, 0.15) is 11.4 Å². The molecule has 1 aliphatic heterocycles. The van der Waals surface area contributed by atoms with Gasteiger partial charge in [-0.05, 0) is 25.1 Å². The van der Waals surface area contributed by atoms with Crippen molar-refractivity contribution in [2.45, 2.75) is 13.5 Å². The van der Waals surface area contributed by atoms with E-state index in [2.05, 4.69) is 5.32 Å². The Morgan fingerprint density at radius 2 is 1.79 bits per heavy atom. The zero-order valence-corrected chi connectivity index (χ0v) is 18.5. The lowest BCUT2D eigenvalue weighted by Gasteiger charge is -2.28. The van der Waals surface area contributed by atoms with E-state index in [1.165, 1.54) is 30.5 Å². The second-order valence-corrected chi connectivity index (χ2v) is 7.47. The molecular weight excluding hydrogens is 449 g/mol. The van der Waals surface area contributed by atoms with Gasteiger partial charge >= 0.3 is 11.9 Å². The van der Waals surface area contributed by atoms with Crippen LogP contribution in [0.5, 0.6) is 5.75 Å². The van der Waals surface area contributed by atoms with E-state index in [0.29, 0.717) is 17.7 Å². The first-order valence-corrected chi connectivity index (χ1v) is 10.4. The zero-order valence-electron chi connectivity index (χ0n) is 18.5. The van der Waals surface area contributed by atoms with Crippen molar-refractivity contribution in [3.05, 3.63) is 69.8 Å². The lowest BCUT2D eigenvalue weighted by Crippen LogP contribution is -2.89. The molecule has 0 atom stereocenters. The number of hydrogen-bond acceptors (Lipinski definition) is 5. The highest BCUT2D eigenvalue weighted by Crippen LogP contribution is 2.25. The fraction of sp³-hybridized carbons (Fsp3) is 0.261. The minimum Gasteiger partial charge on any atom is -0.872 e. The molecule has 0 amide bonds. The van der Waals surface area contributed by atoms with E-state index in [1.807, 2.05) is 11.8 Å². The van der Waals surface area contributed by atoms with Crippen LogP contribution in [0.15, 0.2) is 47.4 Å². The molecule has 6 N–H and O–H groups in total. The van der Waals surface area contributed by atoms with E-state index in [4.69, 9.17) is 10.2 Å². The quantitative estimate of drug-likeness (QED) is 0.472. The number of carbonyl (C=O) groups is 2. The maximum absolute atomic E-state index is 14.5. The van der Waals surface area contributed by atoms with Crippen molar-refractivity contribution in [2.75, 3.05) is 31.1 Å².